The molecule has 0 bridgehead atoms. The number of nitrogens with one attached hydrogen (secondary N) is 1. The van der Waals surface area contributed by atoms with Gasteiger partial charge in [-0.1, -0.05) is 0 Å². The van der Waals surface area contributed by atoms with Crippen molar-refractivity contribution in [2.24, 2.45) is 0 Å². The van der Waals surface area contributed by atoms with Crippen LogP contribution in [0.4, 0.5) is 4.79 Å². The van der Waals surface area contributed by atoms with E-state index in [2.05, 4.69) is 33.0 Å². The van der Waals surface area contributed by atoms with Gasteiger partial charge in [-0.3, -0.25) is 9.48 Å². The maximum Gasteiger partial charge on any atom is 0.407 e. The zero-order valence-corrected chi connectivity index (χ0v) is 15.2. The molecule has 1 aliphatic heterocycles. The van der Waals surface area contributed by atoms with Gasteiger partial charge in [0.15, 0.2) is 0 Å². The van der Waals surface area contributed by atoms with Crippen molar-refractivity contribution in [1.29, 1.82) is 0 Å². The van der Waals surface area contributed by atoms with Crippen molar-refractivity contribution in [3.05, 3.63) is 16.0 Å². The average Bonchev–Trinajstić information content (AvgIpc) is 2.96. The Labute approximate surface area is 143 Å². The first-order valence-electron chi connectivity index (χ1n) is 7.18. The van der Waals surface area contributed by atoms with Crippen LogP contribution in [0.25, 0.3) is 0 Å². The molecule has 1 aromatic rings. The van der Waals surface area contributed by atoms with E-state index in [4.69, 9.17) is 4.74 Å². The largest absolute Gasteiger partial charge is 0.444 e. The third-order valence-electron chi connectivity index (χ3n) is 3.16. The van der Waals surface area contributed by atoms with E-state index in [1.165, 1.54) is 0 Å². The summed E-state index contributed by atoms with van der Waals surface area (Å²) in [7, 11) is 0. The van der Waals surface area contributed by atoms with Gasteiger partial charge in [-0.15, -0.1) is 0 Å². The summed E-state index contributed by atoms with van der Waals surface area (Å²) in [5.74, 6) is 0.00740. The summed E-state index contributed by atoms with van der Waals surface area (Å²) >= 11 is 2.15. The fraction of sp³-hybridized carbons (Fsp3) is 0.643. The molecule has 2 rings (SSSR count). The molecule has 0 aliphatic carbocycles. The smallest absolute Gasteiger partial charge is 0.407 e. The number of ether oxygens (including phenoxy) is 1. The Balaban J connectivity index is 1.79. The van der Waals surface area contributed by atoms with Gasteiger partial charge in [-0.2, -0.15) is 5.10 Å². The van der Waals surface area contributed by atoms with Gasteiger partial charge in [-0.25, -0.2) is 4.79 Å². The number of hydrogen-bond donors (Lipinski definition) is 1. The molecule has 0 aromatic carbocycles. The number of aromatic nitrogens is 2. The van der Waals surface area contributed by atoms with Gasteiger partial charge in [0, 0.05) is 19.3 Å². The second-order valence-corrected chi connectivity index (χ2v) is 7.57. The normalized spacial score (nSPS) is 18.4. The quantitative estimate of drug-likeness (QED) is 0.755. The van der Waals surface area contributed by atoms with Crippen LogP contribution in [0.15, 0.2) is 12.4 Å². The van der Waals surface area contributed by atoms with Gasteiger partial charge in [-0.05, 0) is 49.8 Å². The van der Waals surface area contributed by atoms with Crippen molar-refractivity contribution in [2.75, 3.05) is 13.1 Å². The third kappa shape index (κ3) is 5.15. The van der Waals surface area contributed by atoms with E-state index in [1.54, 1.807) is 15.8 Å². The number of amides is 2. The number of alkyl carbamates (subject to hydrolysis) is 1. The molecular weight excluding hydrogens is 399 g/mol. The Bertz CT molecular complexity index is 553. The highest BCUT2D eigenvalue weighted by molar-refractivity contribution is 14.1. The average molecular weight is 420 g/mol. The molecule has 1 aromatic heterocycles. The first kappa shape index (κ1) is 17.0. The van der Waals surface area contributed by atoms with Gasteiger partial charge in [0.1, 0.15) is 12.1 Å². The van der Waals surface area contributed by atoms with Crippen LogP contribution in [-0.2, 0) is 16.1 Å². The van der Waals surface area contributed by atoms with Crippen molar-refractivity contribution < 1.29 is 14.3 Å². The predicted molar refractivity (Wildman–Crippen MR) is 89.3 cm³/mol. The summed E-state index contributed by atoms with van der Waals surface area (Å²) in [5.41, 5.74) is -0.518. The van der Waals surface area contributed by atoms with Gasteiger partial charge < -0.3 is 15.0 Å². The van der Waals surface area contributed by atoms with Gasteiger partial charge >= 0.3 is 6.09 Å². The second-order valence-electron chi connectivity index (χ2n) is 6.33. The molecule has 1 fully saturated rings. The molecule has 122 valence electrons. The van der Waals surface area contributed by atoms with Gasteiger partial charge in [0.2, 0.25) is 5.91 Å². The molecule has 0 radical (unpaired) electrons. The molecule has 0 spiro atoms. The lowest BCUT2D eigenvalue weighted by Gasteiger charge is -2.22. The number of rotatable bonds is 3. The van der Waals surface area contributed by atoms with Crippen LogP contribution >= 0.6 is 22.6 Å². The maximum atomic E-state index is 12.2. The molecule has 1 aliphatic rings. The van der Waals surface area contributed by atoms with E-state index in [0.29, 0.717) is 13.1 Å². The minimum Gasteiger partial charge on any atom is -0.444 e. The number of hydrogen-bond acceptors (Lipinski definition) is 4. The molecule has 22 heavy (non-hydrogen) atoms. The Morgan fingerprint density at radius 2 is 2.23 bits per heavy atom. The standard InChI is InChI=1S/C14H21IN4O3/c1-14(2,3)22-13(21)17-11-4-5-18(8-11)12(20)9-19-7-10(15)6-16-19/h6-7,11H,4-5,8-9H2,1-3H3,(H,17,21)/t11-/m0/s1. The minimum absolute atomic E-state index is 0.00740. The summed E-state index contributed by atoms with van der Waals surface area (Å²) in [6, 6.07) is -0.0587. The Morgan fingerprint density at radius 1 is 1.50 bits per heavy atom. The number of likely N-dealkylation sites (tertiary alicyclic amines) is 1. The Kier molecular flexibility index (Phi) is 5.30. The molecule has 7 nitrogen and oxygen atoms in total. The van der Waals surface area contributed by atoms with E-state index in [9.17, 15) is 9.59 Å². The first-order chi connectivity index (χ1) is 10.2. The van der Waals surface area contributed by atoms with E-state index in [1.807, 2.05) is 27.0 Å². The number of carbonyl (C=O) groups is 2. The number of nitrogens with zero attached hydrogens (tertiary/aromatic N) is 3. The van der Waals surface area contributed by atoms with E-state index in [-0.39, 0.29) is 18.5 Å². The zero-order valence-electron chi connectivity index (χ0n) is 13.0. The number of carbonyl (C=O) groups excluding carboxylic acids is 2. The molecule has 8 heteroatoms. The highest BCUT2D eigenvalue weighted by atomic mass is 127. The van der Waals surface area contributed by atoms with Crippen LogP contribution < -0.4 is 5.32 Å². The lowest BCUT2D eigenvalue weighted by molar-refractivity contribution is -0.131. The van der Waals surface area contributed by atoms with Crippen molar-refractivity contribution in [1.82, 2.24) is 20.0 Å². The summed E-state index contributed by atoms with van der Waals surface area (Å²) in [6.07, 6.45) is 3.84. The van der Waals surface area contributed by atoms with Crippen molar-refractivity contribution in [3.8, 4) is 0 Å². The minimum atomic E-state index is -0.518. The molecule has 0 saturated carbocycles. The van der Waals surface area contributed by atoms with Crippen LogP contribution in [0.3, 0.4) is 0 Å². The van der Waals surface area contributed by atoms with Crippen LogP contribution in [-0.4, -0.2) is 51.4 Å². The number of halogens is 1. The maximum absolute atomic E-state index is 12.2. The summed E-state index contributed by atoms with van der Waals surface area (Å²) in [4.78, 5) is 25.7. The van der Waals surface area contributed by atoms with Crippen molar-refractivity contribution >= 4 is 34.6 Å². The van der Waals surface area contributed by atoms with Crippen molar-refractivity contribution in [2.45, 2.75) is 45.4 Å². The summed E-state index contributed by atoms with van der Waals surface area (Å²) in [6.45, 7) is 6.84. The van der Waals surface area contributed by atoms with Gasteiger partial charge in [0.05, 0.1) is 15.8 Å². The highest BCUT2D eigenvalue weighted by Crippen LogP contribution is 2.12. The fourth-order valence-corrected chi connectivity index (χ4v) is 2.69. The molecule has 2 heterocycles. The van der Waals surface area contributed by atoms with Crippen LogP contribution in [0.5, 0.6) is 0 Å². The highest BCUT2D eigenvalue weighted by Gasteiger charge is 2.28. The fourth-order valence-electron chi connectivity index (χ4n) is 2.24. The Morgan fingerprint density at radius 3 is 2.82 bits per heavy atom. The lowest BCUT2D eigenvalue weighted by atomic mass is 10.2. The van der Waals surface area contributed by atoms with E-state index < -0.39 is 11.7 Å². The summed E-state index contributed by atoms with van der Waals surface area (Å²) in [5, 5.41) is 6.92. The molecular formula is C14H21IN4O3. The zero-order chi connectivity index (χ0) is 16.3. The SMILES string of the molecule is CC(C)(C)OC(=O)N[C@H]1CCN(C(=O)Cn2cc(I)cn2)C1. The Hall–Kier alpha value is -1.32. The van der Waals surface area contributed by atoms with Gasteiger partial charge in [0.25, 0.3) is 0 Å². The van der Waals surface area contributed by atoms with E-state index >= 15 is 0 Å². The molecule has 2 amide bonds. The van der Waals surface area contributed by atoms with Crippen LogP contribution in [0, 0.1) is 3.57 Å². The van der Waals surface area contributed by atoms with E-state index in [0.717, 1.165) is 9.99 Å². The molecule has 1 saturated heterocycles. The molecule has 1 atom stereocenters. The second kappa shape index (κ2) is 6.84. The monoisotopic (exact) mass is 420 g/mol. The topological polar surface area (TPSA) is 76.5 Å². The summed E-state index contributed by atoms with van der Waals surface area (Å²) < 4.78 is 7.85. The first-order valence-corrected chi connectivity index (χ1v) is 8.26. The predicted octanol–water partition coefficient (Wildman–Crippen LogP) is 1.61. The molecule has 0 unspecified atom stereocenters. The van der Waals surface area contributed by atoms with Crippen molar-refractivity contribution in [3.63, 3.8) is 0 Å². The third-order valence-corrected chi connectivity index (χ3v) is 3.72. The van der Waals surface area contributed by atoms with Crippen LogP contribution in [0.2, 0.25) is 0 Å². The van der Waals surface area contributed by atoms with Crippen LogP contribution in [0.1, 0.15) is 27.2 Å². The lowest BCUT2D eigenvalue weighted by Crippen LogP contribution is -2.41. The molecule has 1 N–H and O–H groups in total.